The van der Waals surface area contributed by atoms with Gasteiger partial charge >= 0.3 is 0 Å². The maximum atomic E-state index is 12.9. The fourth-order valence-electron chi connectivity index (χ4n) is 2.23. The maximum absolute atomic E-state index is 12.9. The van der Waals surface area contributed by atoms with Crippen molar-refractivity contribution in [1.29, 1.82) is 0 Å². The van der Waals surface area contributed by atoms with Crippen molar-refractivity contribution in [3.05, 3.63) is 65.5 Å². The average molecular weight is 331 g/mol. The van der Waals surface area contributed by atoms with Gasteiger partial charge in [0.05, 0.1) is 6.61 Å². The van der Waals surface area contributed by atoms with Gasteiger partial charge in [-0.2, -0.15) is 0 Å². The molecule has 2 aromatic rings. The van der Waals surface area contributed by atoms with Crippen LogP contribution in [0.25, 0.3) is 0 Å². The molecule has 0 saturated carbocycles. The quantitative estimate of drug-likeness (QED) is 0.845. The summed E-state index contributed by atoms with van der Waals surface area (Å²) in [7, 11) is 1.64. The first-order valence-electron chi connectivity index (χ1n) is 7.70. The number of carbonyl (C=O) groups is 1. The Bertz CT molecular complexity index is 683. The molecule has 0 aromatic heterocycles. The predicted octanol–water partition coefficient (Wildman–Crippen LogP) is 3.45. The Kier molecular flexibility index (Phi) is 5.93. The lowest BCUT2D eigenvalue weighted by molar-refractivity contribution is -0.134. The van der Waals surface area contributed by atoms with Crippen molar-refractivity contribution in [2.75, 3.05) is 7.11 Å². The number of nitrogens with one attached hydrogen (secondary N) is 1. The van der Waals surface area contributed by atoms with Crippen LogP contribution in [-0.2, 0) is 22.7 Å². The van der Waals surface area contributed by atoms with Crippen molar-refractivity contribution >= 4 is 5.91 Å². The molecule has 0 bridgehead atoms. The first-order chi connectivity index (χ1) is 11.4. The first-order valence-corrected chi connectivity index (χ1v) is 7.70. The number of methoxy groups -OCH3 is 1. The Morgan fingerprint density at radius 2 is 1.79 bits per heavy atom. The Balaban J connectivity index is 1.95. The van der Waals surface area contributed by atoms with E-state index in [0.717, 1.165) is 11.1 Å². The normalized spacial score (nSPS) is 11.2. The van der Waals surface area contributed by atoms with E-state index in [2.05, 4.69) is 5.32 Å². The van der Waals surface area contributed by atoms with E-state index < -0.39 is 5.60 Å². The van der Waals surface area contributed by atoms with Crippen molar-refractivity contribution in [3.8, 4) is 5.75 Å². The summed E-state index contributed by atoms with van der Waals surface area (Å²) < 4.78 is 23.7. The molecule has 0 aliphatic rings. The summed E-state index contributed by atoms with van der Waals surface area (Å²) in [5.41, 5.74) is 0.962. The zero-order valence-electron chi connectivity index (χ0n) is 14.1. The molecule has 4 nitrogen and oxygen atoms in total. The number of rotatable bonds is 7. The van der Waals surface area contributed by atoms with Crippen LogP contribution in [-0.4, -0.2) is 18.6 Å². The Labute approximate surface area is 141 Å². The second kappa shape index (κ2) is 7.93. The molecule has 0 unspecified atom stereocenters. The van der Waals surface area contributed by atoms with E-state index in [0.29, 0.717) is 18.9 Å². The number of hydrogen-bond acceptors (Lipinski definition) is 3. The van der Waals surface area contributed by atoms with Gasteiger partial charge < -0.3 is 14.8 Å². The number of carbonyl (C=O) groups excluding carboxylic acids is 1. The molecule has 0 aliphatic heterocycles. The molecular weight excluding hydrogens is 309 g/mol. The highest BCUT2D eigenvalue weighted by atomic mass is 19.1. The van der Waals surface area contributed by atoms with Crippen LogP contribution in [0, 0.1) is 5.82 Å². The third-order valence-electron chi connectivity index (χ3n) is 3.49. The van der Waals surface area contributed by atoms with E-state index in [9.17, 15) is 9.18 Å². The number of amides is 1. The van der Waals surface area contributed by atoms with E-state index >= 15 is 0 Å². The molecule has 0 saturated heterocycles. The Morgan fingerprint density at radius 3 is 2.46 bits per heavy atom. The fraction of sp³-hybridized carbons (Fsp3) is 0.316. The molecule has 1 amide bonds. The van der Waals surface area contributed by atoms with Crippen LogP contribution < -0.4 is 10.1 Å². The summed E-state index contributed by atoms with van der Waals surface area (Å²) in [6, 6.07) is 13.4. The number of benzene rings is 2. The van der Waals surface area contributed by atoms with Gasteiger partial charge in [-0.25, -0.2) is 4.39 Å². The minimum Gasteiger partial charge on any atom is -0.478 e. The van der Waals surface area contributed by atoms with Crippen LogP contribution in [0.3, 0.4) is 0 Å². The van der Waals surface area contributed by atoms with Gasteiger partial charge in [0.1, 0.15) is 11.6 Å². The molecule has 0 atom stereocenters. The maximum Gasteiger partial charge on any atom is 0.263 e. The van der Waals surface area contributed by atoms with Gasteiger partial charge in [0.2, 0.25) is 0 Å². The van der Waals surface area contributed by atoms with Crippen molar-refractivity contribution in [2.24, 2.45) is 0 Å². The van der Waals surface area contributed by atoms with E-state index in [1.54, 1.807) is 21.0 Å². The van der Waals surface area contributed by atoms with E-state index in [1.807, 2.05) is 24.3 Å². The number of ether oxygens (including phenoxy) is 2. The molecule has 24 heavy (non-hydrogen) atoms. The molecule has 2 rings (SSSR count). The summed E-state index contributed by atoms with van der Waals surface area (Å²) in [6.45, 7) is 4.27. The van der Waals surface area contributed by atoms with E-state index in [1.165, 1.54) is 24.3 Å². The Morgan fingerprint density at radius 1 is 1.12 bits per heavy atom. The zero-order valence-corrected chi connectivity index (χ0v) is 14.1. The highest BCUT2D eigenvalue weighted by Gasteiger charge is 2.29. The number of hydrogen-bond donors (Lipinski definition) is 1. The predicted molar refractivity (Wildman–Crippen MR) is 90.1 cm³/mol. The van der Waals surface area contributed by atoms with Crippen LogP contribution in [0.4, 0.5) is 4.39 Å². The second-order valence-electron chi connectivity index (χ2n) is 6.00. The van der Waals surface area contributed by atoms with E-state index in [4.69, 9.17) is 9.47 Å². The van der Waals surface area contributed by atoms with Crippen molar-refractivity contribution in [1.82, 2.24) is 5.32 Å². The Hall–Kier alpha value is -2.40. The molecular formula is C19H22FNO3. The molecule has 0 radical (unpaired) electrons. The van der Waals surface area contributed by atoms with Gasteiger partial charge in [-0.3, -0.25) is 4.79 Å². The highest BCUT2D eigenvalue weighted by molar-refractivity contribution is 5.84. The zero-order chi connectivity index (χ0) is 17.6. The standard InChI is InChI=1S/C19H22FNO3/c1-19(2,24-17-9-7-16(20)8-10-17)18(22)21-12-14-5-4-6-15(11-14)13-23-3/h4-11H,12-13H2,1-3H3,(H,21,22). The van der Waals surface area contributed by atoms with Gasteiger partial charge in [-0.1, -0.05) is 24.3 Å². The monoisotopic (exact) mass is 331 g/mol. The molecule has 5 heteroatoms. The summed E-state index contributed by atoms with van der Waals surface area (Å²) in [6.07, 6.45) is 0. The lowest BCUT2D eigenvalue weighted by Gasteiger charge is -2.25. The lowest BCUT2D eigenvalue weighted by atomic mass is 10.1. The lowest BCUT2D eigenvalue weighted by Crippen LogP contribution is -2.46. The third kappa shape index (κ3) is 5.06. The van der Waals surface area contributed by atoms with Crippen LogP contribution in [0.2, 0.25) is 0 Å². The van der Waals surface area contributed by atoms with Gasteiger partial charge in [-0.05, 0) is 49.2 Å². The molecule has 0 spiro atoms. The summed E-state index contributed by atoms with van der Waals surface area (Å²) >= 11 is 0. The van der Waals surface area contributed by atoms with Crippen molar-refractivity contribution in [2.45, 2.75) is 32.6 Å². The van der Waals surface area contributed by atoms with Gasteiger partial charge in [0.15, 0.2) is 5.60 Å². The average Bonchev–Trinajstić information content (AvgIpc) is 2.55. The largest absolute Gasteiger partial charge is 0.478 e. The fourth-order valence-corrected chi connectivity index (χ4v) is 2.23. The SMILES string of the molecule is COCc1cccc(CNC(=O)C(C)(C)Oc2ccc(F)cc2)c1. The van der Waals surface area contributed by atoms with E-state index in [-0.39, 0.29) is 11.7 Å². The summed E-state index contributed by atoms with van der Waals surface area (Å²) in [4.78, 5) is 12.4. The van der Waals surface area contributed by atoms with Crippen LogP contribution in [0.1, 0.15) is 25.0 Å². The number of halogens is 1. The summed E-state index contributed by atoms with van der Waals surface area (Å²) in [5, 5.41) is 2.86. The molecule has 0 heterocycles. The molecule has 0 aliphatic carbocycles. The van der Waals surface area contributed by atoms with Crippen LogP contribution in [0.15, 0.2) is 48.5 Å². The van der Waals surface area contributed by atoms with Crippen LogP contribution in [0.5, 0.6) is 5.75 Å². The minimum absolute atomic E-state index is 0.246. The molecule has 128 valence electrons. The van der Waals surface area contributed by atoms with Gasteiger partial charge in [0, 0.05) is 13.7 Å². The molecule has 0 fully saturated rings. The molecule has 2 aromatic carbocycles. The third-order valence-corrected chi connectivity index (χ3v) is 3.49. The minimum atomic E-state index is -1.07. The summed E-state index contributed by atoms with van der Waals surface area (Å²) in [5.74, 6) is -0.150. The van der Waals surface area contributed by atoms with Gasteiger partial charge in [-0.15, -0.1) is 0 Å². The molecule has 1 N–H and O–H groups in total. The topological polar surface area (TPSA) is 47.6 Å². The second-order valence-corrected chi connectivity index (χ2v) is 6.00. The smallest absolute Gasteiger partial charge is 0.263 e. The van der Waals surface area contributed by atoms with Gasteiger partial charge in [0.25, 0.3) is 5.91 Å². The first kappa shape index (κ1) is 17.9. The van der Waals surface area contributed by atoms with Crippen molar-refractivity contribution in [3.63, 3.8) is 0 Å². The highest BCUT2D eigenvalue weighted by Crippen LogP contribution is 2.19. The van der Waals surface area contributed by atoms with Crippen molar-refractivity contribution < 1.29 is 18.7 Å². The van der Waals surface area contributed by atoms with Crippen LogP contribution >= 0.6 is 0 Å².